The summed E-state index contributed by atoms with van der Waals surface area (Å²) in [6.07, 6.45) is 9.56. The Balaban J connectivity index is 4.28. The Labute approximate surface area is 133 Å². The number of terminal acetylenes is 1. The molecule has 0 aromatic carbocycles. The van der Waals surface area contributed by atoms with Crippen molar-refractivity contribution in [1.82, 2.24) is 10.6 Å². The third-order valence-corrected chi connectivity index (χ3v) is 2.95. The van der Waals surface area contributed by atoms with Crippen molar-refractivity contribution in [1.29, 1.82) is 0 Å². The Kier molecular flexibility index (Phi) is 10.5. The number of hydrogen-bond acceptors (Lipinski definition) is 3. The lowest BCUT2D eigenvalue weighted by Crippen LogP contribution is -2.34. The second kappa shape index (κ2) is 11.6. The van der Waals surface area contributed by atoms with Crippen molar-refractivity contribution in [3.05, 3.63) is 11.8 Å². The number of nitrogens with zero attached hydrogens (tertiary/aromatic N) is 1. The van der Waals surface area contributed by atoms with E-state index in [-0.39, 0.29) is 23.8 Å². The molecule has 0 bridgehead atoms. The summed E-state index contributed by atoms with van der Waals surface area (Å²) in [6.45, 7) is 9.70. The maximum Gasteiger partial charge on any atom is 0.224 e. The van der Waals surface area contributed by atoms with Gasteiger partial charge < -0.3 is 15.6 Å². The van der Waals surface area contributed by atoms with Crippen LogP contribution in [0.5, 0.6) is 0 Å². The quantitative estimate of drug-likeness (QED) is 0.368. The summed E-state index contributed by atoms with van der Waals surface area (Å²) in [6, 6.07) is 0.107. The van der Waals surface area contributed by atoms with Gasteiger partial charge in [0.15, 0.2) is 0 Å². The fraction of sp³-hybridized carbons (Fsp3) is 0.588. The smallest absolute Gasteiger partial charge is 0.224 e. The van der Waals surface area contributed by atoms with E-state index < -0.39 is 0 Å². The predicted molar refractivity (Wildman–Crippen MR) is 90.4 cm³/mol. The molecule has 122 valence electrons. The van der Waals surface area contributed by atoms with E-state index in [4.69, 9.17) is 6.42 Å². The van der Waals surface area contributed by atoms with E-state index in [2.05, 4.69) is 28.3 Å². The molecule has 2 N–H and O–H groups in total. The van der Waals surface area contributed by atoms with E-state index in [0.29, 0.717) is 25.1 Å². The molecule has 0 aliphatic rings. The first-order chi connectivity index (χ1) is 10.4. The second-order valence-corrected chi connectivity index (χ2v) is 5.51. The molecular weight excluding hydrogens is 278 g/mol. The van der Waals surface area contributed by atoms with E-state index in [9.17, 15) is 9.59 Å². The van der Waals surface area contributed by atoms with Gasteiger partial charge in [-0.2, -0.15) is 0 Å². The first-order valence-corrected chi connectivity index (χ1v) is 7.60. The average Bonchev–Trinajstić information content (AvgIpc) is 2.46. The van der Waals surface area contributed by atoms with Gasteiger partial charge in [-0.1, -0.05) is 18.9 Å². The molecule has 0 aromatic rings. The Morgan fingerprint density at radius 2 is 2.00 bits per heavy atom. The van der Waals surface area contributed by atoms with E-state index >= 15 is 0 Å². The molecule has 0 spiro atoms. The normalized spacial score (nSPS) is 12.4. The first-order valence-electron chi connectivity index (χ1n) is 7.60. The number of carbonyl (C=O) groups is 2. The van der Waals surface area contributed by atoms with Gasteiger partial charge >= 0.3 is 0 Å². The fourth-order valence-corrected chi connectivity index (χ4v) is 1.70. The summed E-state index contributed by atoms with van der Waals surface area (Å²) in [7, 11) is 0. The predicted octanol–water partition coefficient (Wildman–Crippen LogP) is 2.04. The molecule has 0 aliphatic heterocycles. The highest BCUT2D eigenvalue weighted by molar-refractivity contribution is 5.79. The number of unbranched alkanes of at least 4 members (excludes halogenated alkanes) is 1. The average molecular weight is 305 g/mol. The van der Waals surface area contributed by atoms with Crippen molar-refractivity contribution >= 4 is 18.5 Å². The first kappa shape index (κ1) is 19.9. The highest BCUT2D eigenvalue weighted by Gasteiger charge is 2.12. The molecule has 0 heterocycles. The molecule has 0 saturated heterocycles. The number of aliphatic imine (C=N–C) groups is 1. The van der Waals surface area contributed by atoms with Gasteiger partial charge in [-0.05, 0) is 39.8 Å². The summed E-state index contributed by atoms with van der Waals surface area (Å²) in [4.78, 5) is 27.2. The Hall–Kier alpha value is -2.09. The lowest BCUT2D eigenvalue weighted by molar-refractivity contribution is -0.124. The molecule has 0 radical (unpaired) electrons. The third-order valence-electron chi connectivity index (χ3n) is 2.95. The van der Waals surface area contributed by atoms with Gasteiger partial charge in [0.05, 0.1) is 5.70 Å². The standard InChI is InChI=1S/C17H27N3O2/c1-6-15(20-16(21)9-7-8-12-18-5)11-10-14(4)17(22)19-13(2)3/h1,11,13-14H,5,7-10,12H2,2-4H3,(H,19,22)(H,20,21)/b15-11+. The van der Waals surface area contributed by atoms with Crippen LogP contribution in [0.2, 0.25) is 0 Å². The van der Waals surface area contributed by atoms with Crippen LogP contribution in [-0.2, 0) is 9.59 Å². The van der Waals surface area contributed by atoms with Crippen LogP contribution in [0.3, 0.4) is 0 Å². The Morgan fingerprint density at radius 1 is 1.32 bits per heavy atom. The van der Waals surface area contributed by atoms with E-state index in [1.54, 1.807) is 6.08 Å². The SMILES string of the molecule is C#C/C(=C\CC(C)C(=O)NC(C)C)NC(=O)CCCCN=C. The zero-order chi connectivity index (χ0) is 17.0. The van der Waals surface area contributed by atoms with Gasteiger partial charge in [-0.3, -0.25) is 9.59 Å². The van der Waals surface area contributed by atoms with Crippen molar-refractivity contribution in [3.8, 4) is 12.3 Å². The molecule has 0 rings (SSSR count). The molecule has 0 saturated carbocycles. The summed E-state index contributed by atoms with van der Waals surface area (Å²) >= 11 is 0. The summed E-state index contributed by atoms with van der Waals surface area (Å²) in [5.74, 6) is 2.10. The van der Waals surface area contributed by atoms with Crippen molar-refractivity contribution in [2.45, 2.75) is 52.5 Å². The molecule has 5 nitrogen and oxygen atoms in total. The molecule has 1 atom stereocenters. The Morgan fingerprint density at radius 3 is 2.55 bits per heavy atom. The lowest BCUT2D eigenvalue weighted by atomic mass is 10.1. The molecule has 0 fully saturated rings. The molecule has 0 aliphatic carbocycles. The maximum atomic E-state index is 11.8. The van der Waals surface area contributed by atoms with Gasteiger partial charge in [-0.15, -0.1) is 6.42 Å². The van der Waals surface area contributed by atoms with Crippen molar-refractivity contribution in [2.75, 3.05) is 6.54 Å². The van der Waals surface area contributed by atoms with Crippen molar-refractivity contribution in [2.24, 2.45) is 10.9 Å². The summed E-state index contributed by atoms with van der Waals surface area (Å²) in [5.41, 5.74) is 0.413. The van der Waals surface area contributed by atoms with Crippen LogP contribution in [0, 0.1) is 18.3 Å². The van der Waals surface area contributed by atoms with Crippen LogP contribution in [0.15, 0.2) is 16.8 Å². The maximum absolute atomic E-state index is 11.8. The number of hydrogen-bond donors (Lipinski definition) is 2. The van der Waals surface area contributed by atoms with Crippen LogP contribution in [0.4, 0.5) is 0 Å². The van der Waals surface area contributed by atoms with Gasteiger partial charge in [0.1, 0.15) is 0 Å². The minimum Gasteiger partial charge on any atom is -0.354 e. The minimum atomic E-state index is -0.193. The number of carbonyl (C=O) groups excluding carboxylic acids is 2. The molecule has 2 amide bonds. The molecular formula is C17H27N3O2. The number of allylic oxidation sites excluding steroid dienone is 2. The largest absolute Gasteiger partial charge is 0.354 e. The summed E-state index contributed by atoms with van der Waals surface area (Å²) in [5, 5.41) is 5.53. The van der Waals surface area contributed by atoms with Gasteiger partial charge in [0, 0.05) is 24.9 Å². The summed E-state index contributed by atoms with van der Waals surface area (Å²) < 4.78 is 0. The van der Waals surface area contributed by atoms with E-state index in [1.165, 1.54) is 0 Å². The monoisotopic (exact) mass is 305 g/mol. The molecule has 22 heavy (non-hydrogen) atoms. The highest BCUT2D eigenvalue weighted by atomic mass is 16.2. The number of rotatable bonds is 10. The van der Waals surface area contributed by atoms with Crippen molar-refractivity contribution in [3.63, 3.8) is 0 Å². The molecule has 5 heteroatoms. The van der Waals surface area contributed by atoms with Crippen molar-refractivity contribution < 1.29 is 9.59 Å². The fourth-order valence-electron chi connectivity index (χ4n) is 1.70. The van der Waals surface area contributed by atoms with Crippen LogP contribution in [-0.4, -0.2) is 31.1 Å². The molecule has 0 aromatic heterocycles. The Bertz CT molecular complexity index is 447. The van der Waals surface area contributed by atoms with Crippen LogP contribution < -0.4 is 10.6 Å². The highest BCUT2D eigenvalue weighted by Crippen LogP contribution is 2.06. The molecule has 1 unspecified atom stereocenters. The van der Waals surface area contributed by atoms with Crippen LogP contribution in [0.1, 0.15) is 46.5 Å². The van der Waals surface area contributed by atoms with E-state index in [1.807, 2.05) is 20.8 Å². The van der Waals surface area contributed by atoms with Crippen LogP contribution in [0.25, 0.3) is 0 Å². The minimum absolute atomic E-state index is 0.0223. The number of amides is 2. The van der Waals surface area contributed by atoms with Gasteiger partial charge in [-0.25, -0.2) is 0 Å². The zero-order valence-electron chi connectivity index (χ0n) is 13.8. The third kappa shape index (κ3) is 9.76. The second-order valence-electron chi connectivity index (χ2n) is 5.51. The van der Waals surface area contributed by atoms with Gasteiger partial charge in [0.2, 0.25) is 11.8 Å². The lowest BCUT2D eigenvalue weighted by Gasteiger charge is -2.13. The topological polar surface area (TPSA) is 70.6 Å². The number of nitrogens with one attached hydrogen (secondary N) is 2. The van der Waals surface area contributed by atoms with Gasteiger partial charge in [0.25, 0.3) is 0 Å². The van der Waals surface area contributed by atoms with Crippen LogP contribution >= 0.6 is 0 Å². The zero-order valence-corrected chi connectivity index (χ0v) is 13.8. The van der Waals surface area contributed by atoms with E-state index in [0.717, 1.165) is 12.8 Å².